The second-order valence-electron chi connectivity index (χ2n) is 4.28. The number of carbonyl (C=O) groups excluding carboxylic acids is 1. The Morgan fingerprint density at radius 1 is 1.38 bits per heavy atom. The van der Waals surface area contributed by atoms with Crippen LogP contribution in [0.4, 0.5) is 0 Å². The molecule has 0 bridgehead atoms. The van der Waals surface area contributed by atoms with Gasteiger partial charge in [0, 0.05) is 13.1 Å². The molecule has 0 spiro atoms. The number of nitrogens with zero attached hydrogens (tertiary/aromatic N) is 1. The van der Waals surface area contributed by atoms with Crippen molar-refractivity contribution in [2.45, 2.75) is 19.3 Å². The lowest BCUT2D eigenvalue weighted by atomic mass is 10.0. The van der Waals surface area contributed by atoms with Gasteiger partial charge in [-0.2, -0.15) is 0 Å². The molecule has 1 amide bonds. The van der Waals surface area contributed by atoms with Crippen LogP contribution in [0.5, 0.6) is 0 Å². The highest BCUT2D eigenvalue weighted by molar-refractivity contribution is 5.78. The average molecular weight is 182 g/mol. The molecule has 0 radical (unpaired) electrons. The molecule has 2 fully saturated rings. The first-order chi connectivity index (χ1) is 6.31. The summed E-state index contributed by atoms with van der Waals surface area (Å²) in [6, 6.07) is 0. The van der Waals surface area contributed by atoms with Gasteiger partial charge in [-0.3, -0.25) is 4.79 Å². The molecule has 2 aliphatic rings. The van der Waals surface area contributed by atoms with Gasteiger partial charge in [-0.25, -0.2) is 0 Å². The Morgan fingerprint density at radius 3 is 2.54 bits per heavy atom. The molecule has 3 heteroatoms. The summed E-state index contributed by atoms with van der Waals surface area (Å²) in [5.41, 5.74) is 0. The normalized spacial score (nSPS) is 32.2. The summed E-state index contributed by atoms with van der Waals surface area (Å²) in [4.78, 5) is 13.6. The molecule has 0 aromatic heterocycles. The molecule has 1 heterocycles. The van der Waals surface area contributed by atoms with Crippen LogP contribution in [0.25, 0.3) is 0 Å². The lowest BCUT2D eigenvalue weighted by Gasteiger charge is -2.16. The van der Waals surface area contributed by atoms with Crippen molar-refractivity contribution in [2.75, 3.05) is 26.7 Å². The minimum absolute atomic E-state index is 0.275. The van der Waals surface area contributed by atoms with Gasteiger partial charge in [0.1, 0.15) is 0 Å². The highest BCUT2D eigenvalue weighted by Gasteiger charge is 2.37. The fraction of sp³-hybridized carbons (Fsp3) is 0.900. The Kier molecular flexibility index (Phi) is 2.54. The van der Waals surface area contributed by atoms with Crippen molar-refractivity contribution in [3.8, 4) is 0 Å². The van der Waals surface area contributed by atoms with Crippen LogP contribution in [-0.4, -0.2) is 37.5 Å². The van der Waals surface area contributed by atoms with Gasteiger partial charge >= 0.3 is 0 Å². The highest BCUT2D eigenvalue weighted by atomic mass is 16.2. The Hall–Kier alpha value is -0.570. The standard InChI is InChI=1S/C10H18N2O/c1-11-5-10(13)12-6-8-3-2-4-9(8)7-12/h8-9,11H,2-7H2,1H3/t8-,9+. The third-order valence-corrected chi connectivity index (χ3v) is 3.41. The second kappa shape index (κ2) is 3.66. The number of likely N-dealkylation sites (tertiary alicyclic amines) is 1. The fourth-order valence-electron chi connectivity index (χ4n) is 2.70. The van der Waals surface area contributed by atoms with Gasteiger partial charge in [-0.1, -0.05) is 6.42 Å². The molecule has 1 N–H and O–H groups in total. The predicted octanol–water partition coefficient (Wildman–Crippen LogP) is 0.464. The number of carbonyl (C=O) groups is 1. The van der Waals surface area contributed by atoms with Crippen molar-refractivity contribution in [2.24, 2.45) is 11.8 Å². The van der Waals surface area contributed by atoms with Crippen LogP contribution in [0, 0.1) is 11.8 Å². The Balaban J connectivity index is 1.87. The van der Waals surface area contributed by atoms with Gasteiger partial charge in [0.05, 0.1) is 6.54 Å². The number of rotatable bonds is 2. The summed E-state index contributed by atoms with van der Waals surface area (Å²) in [7, 11) is 1.83. The fourth-order valence-corrected chi connectivity index (χ4v) is 2.70. The third kappa shape index (κ3) is 1.70. The Morgan fingerprint density at radius 2 is 2.00 bits per heavy atom. The lowest BCUT2D eigenvalue weighted by molar-refractivity contribution is -0.129. The topological polar surface area (TPSA) is 32.3 Å². The second-order valence-corrected chi connectivity index (χ2v) is 4.28. The van der Waals surface area contributed by atoms with E-state index in [0.717, 1.165) is 24.9 Å². The molecular weight excluding hydrogens is 164 g/mol. The lowest BCUT2D eigenvalue weighted by Crippen LogP contribution is -2.36. The third-order valence-electron chi connectivity index (χ3n) is 3.41. The number of amides is 1. The van der Waals surface area contributed by atoms with Gasteiger partial charge in [0.2, 0.25) is 5.91 Å². The van der Waals surface area contributed by atoms with Crippen molar-refractivity contribution in [1.29, 1.82) is 0 Å². The van der Waals surface area contributed by atoms with E-state index in [1.807, 2.05) is 11.9 Å². The molecule has 74 valence electrons. The van der Waals surface area contributed by atoms with Gasteiger partial charge < -0.3 is 10.2 Å². The summed E-state index contributed by atoms with van der Waals surface area (Å²) in [6.07, 6.45) is 4.06. The van der Waals surface area contributed by atoms with Crippen LogP contribution in [0.1, 0.15) is 19.3 Å². The molecule has 1 aliphatic carbocycles. The number of fused-ring (bicyclic) bond motifs is 1. The quantitative estimate of drug-likeness (QED) is 0.673. The summed E-state index contributed by atoms with van der Waals surface area (Å²) in [6.45, 7) is 2.54. The maximum atomic E-state index is 11.5. The molecule has 0 aromatic rings. The monoisotopic (exact) mass is 182 g/mol. The summed E-state index contributed by atoms with van der Waals surface area (Å²) >= 11 is 0. The Labute approximate surface area is 79.5 Å². The summed E-state index contributed by atoms with van der Waals surface area (Å²) < 4.78 is 0. The van der Waals surface area contributed by atoms with Crippen LogP contribution >= 0.6 is 0 Å². The molecule has 0 unspecified atom stereocenters. The number of hydrogen-bond donors (Lipinski definition) is 1. The molecule has 1 aliphatic heterocycles. The first kappa shape index (κ1) is 9.00. The molecule has 2 atom stereocenters. The van der Waals surface area contributed by atoms with Crippen LogP contribution in [-0.2, 0) is 4.79 Å². The van der Waals surface area contributed by atoms with Crippen molar-refractivity contribution in [3.63, 3.8) is 0 Å². The van der Waals surface area contributed by atoms with Crippen molar-refractivity contribution < 1.29 is 4.79 Å². The maximum absolute atomic E-state index is 11.5. The molecule has 0 aromatic carbocycles. The van der Waals surface area contributed by atoms with Crippen molar-refractivity contribution in [3.05, 3.63) is 0 Å². The molecule has 1 saturated carbocycles. The maximum Gasteiger partial charge on any atom is 0.236 e. The van der Waals surface area contributed by atoms with E-state index in [1.54, 1.807) is 0 Å². The van der Waals surface area contributed by atoms with Crippen LogP contribution < -0.4 is 5.32 Å². The van der Waals surface area contributed by atoms with Crippen molar-refractivity contribution in [1.82, 2.24) is 10.2 Å². The van der Waals surface area contributed by atoms with Gasteiger partial charge in [0.25, 0.3) is 0 Å². The van der Waals surface area contributed by atoms with E-state index < -0.39 is 0 Å². The highest BCUT2D eigenvalue weighted by Crippen LogP contribution is 2.37. The van der Waals surface area contributed by atoms with E-state index in [9.17, 15) is 4.79 Å². The predicted molar refractivity (Wildman–Crippen MR) is 51.3 cm³/mol. The Bertz CT molecular complexity index is 193. The van der Waals surface area contributed by atoms with E-state index >= 15 is 0 Å². The largest absolute Gasteiger partial charge is 0.341 e. The van der Waals surface area contributed by atoms with E-state index in [0.29, 0.717) is 6.54 Å². The van der Waals surface area contributed by atoms with Crippen LogP contribution in [0.3, 0.4) is 0 Å². The molecular formula is C10H18N2O. The van der Waals surface area contributed by atoms with Crippen LogP contribution in [0.15, 0.2) is 0 Å². The van der Waals surface area contributed by atoms with E-state index in [4.69, 9.17) is 0 Å². The van der Waals surface area contributed by atoms with Gasteiger partial charge in [-0.15, -0.1) is 0 Å². The minimum atomic E-state index is 0.275. The zero-order valence-corrected chi connectivity index (χ0v) is 8.25. The first-order valence-electron chi connectivity index (χ1n) is 5.23. The number of nitrogens with one attached hydrogen (secondary N) is 1. The molecule has 2 rings (SSSR count). The summed E-state index contributed by atoms with van der Waals surface area (Å²) in [5, 5.41) is 2.92. The smallest absolute Gasteiger partial charge is 0.236 e. The molecule has 1 saturated heterocycles. The van der Waals surface area contributed by atoms with Crippen LogP contribution in [0.2, 0.25) is 0 Å². The van der Waals surface area contributed by atoms with E-state index in [-0.39, 0.29) is 5.91 Å². The molecule has 3 nitrogen and oxygen atoms in total. The number of hydrogen-bond acceptors (Lipinski definition) is 2. The first-order valence-corrected chi connectivity index (χ1v) is 5.23. The van der Waals surface area contributed by atoms with Crippen molar-refractivity contribution >= 4 is 5.91 Å². The zero-order chi connectivity index (χ0) is 9.26. The average Bonchev–Trinajstić information content (AvgIpc) is 2.61. The minimum Gasteiger partial charge on any atom is -0.341 e. The number of likely N-dealkylation sites (N-methyl/N-ethyl adjacent to an activating group) is 1. The van der Waals surface area contributed by atoms with E-state index in [1.165, 1.54) is 19.3 Å². The zero-order valence-electron chi connectivity index (χ0n) is 8.25. The SMILES string of the molecule is CNCC(=O)N1C[C@H]2CCC[C@H]2C1. The van der Waals surface area contributed by atoms with E-state index in [2.05, 4.69) is 5.32 Å². The summed E-state index contributed by atoms with van der Waals surface area (Å²) in [5.74, 6) is 1.92. The van der Waals surface area contributed by atoms with Gasteiger partial charge in [-0.05, 0) is 31.7 Å². The van der Waals surface area contributed by atoms with Gasteiger partial charge in [0.15, 0.2) is 0 Å². The molecule has 13 heavy (non-hydrogen) atoms.